The first-order valence-electron chi connectivity index (χ1n) is 4.31. The molecule has 0 radical (unpaired) electrons. The van der Waals surface area contributed by atoms with Crippen LogP contribution in [0.4, 0.5) is 0 Å². The number of carbonyl (C=O) groups excluding carboxylic acids is 2. The first kappa shape index (κ1) is 8.17. The number of carbonyl (C=O) groups is 2. The molecule has 0 spiro atoms. The number of benzene rings is 1. The molecule has 2 rings (SSSR count). The summed E-state index contributed by atoms with van der Waals surface area (Å²) >= 11 is 0. The van der Waals surface area contributed by atoms with Gasteiger partial charge in [0.25, 0.3) is 0 Å². The van der Waals surface area contributed by atoms with Gasteiger partial charge in [0.15, 0.2) is 5.78 Å². The molecule has 0 amide bonds. The second kappa shape index (κ2) is 2.80. The molecule has 2 nitrogen and oxygen atoms in total. The van der Waals surface area contributed by atoms with Crippen LogP contribution >= 0.6 is 0 Å². The first-order chi connectivity index (χ1) is 6.20. The normalized spacial score (nSPS) is 20.1. The molecule has 13 heavy (non-hydrogen) atoms. The molecule has 66 valence electrons. The standard InChI is InChI=1S/C11H10O2/c1-7(12)11-9-5-3-2-4-8(9)6-10(11)13/h2-5,11H,6H2,1H3/t11-/m1/s1. The van der Waals surface area contributed by atoms with E-state index in [-0.39, 0.29) is 11.6 Å². The van der Waals surface area contributed by atoms with E-state index in [0.717, 1.165) is 11.1 Å². The quantitative estimate of drug-likeness (QED) is 0.604. The van der Waals surface area contributed by atoms with Gasteiger partial charge in [-0.05, 0) is 18.1 Å². The van der Waals surface area contributed by atoms with Crippen molar-refractivity contribution in [2.75, 3.05) is 0 Å². The zero-order chi connectivity index (χ0) is 9.42. The maximum Gasteiger partial charge on any atom is 0.152 e. The summed E-state index contributed by atoms with van der Waals surface area (Å²) in [7, 11) is 0. The molecule has 1 aromatic carbocycles. The maximum absolute atomic E-state index is 11.5. The molecule has 1 aromatic rings. The van der Waals surface area contributed by atoms with Crippen LogP contribution in [0.1, 0.15) is 24.0 Å². The van der Waals surface area contributed by atoms with E-state index in [9.17, 15) is 9.59 Å². The van der Waals surface area contributed by atoms with Gasteiger partial charge in [-0.3, -0.25) is 9.59 Å². The fourth-order valence-corrected chi connectivity index (χ4v) is 1.89. The number of hydrogen-bond donors (Lipinski definition) is 0. The average Bonchev–Trinajstić information content (AvgIpc) is 2.39. The van der Waals surface area contributed by atoms with Crippen molar-refractivity contribution >= 4 is 11.6 Å². The van der Waals surface area contributed by atoms with Crippen LogP contribution in [-0.4, -0.2) is 11.6 Å². The van der Waals surface area contributed by atoms with Crippen LogP contribution in [0, 0.1) is 0 Å². The Morgan fingerprint density at radius 2 is 2.08 bits per heavy atom. The first-order valence-corrected chi connectivity index (χ1v) is 4.31. The smallest absolute Gasteiger partial charge is 0.152 e. The number of Topliss-reactive ketones (excluding diaryl/α,β-unsaturated/α-hetero) is 2. The van der Waals surface area contributed by atoms with Crippen molar-refractivity contribution in [2.45, 2.75) is 19.3 Å². The SMILES string of the molecule is CC(=O)[C@H]1C(=O)Cc2ccccc21. The van der Waals surface area contributed by atoms with E-state index >= 15 is 0 Å². The average molecular weight is 174 g/mol. The van der Waals surface area contributed by atoms with E-state index in [0.29, 0.717) is 6.42 Å². The zero-order valence-corrected chi connectivity index (χ0v) is 7.41. The number of hydrogen-bond acceptors (Lipinski definition) is 2. The summed E-state index contributed by atoms with van der Waals surface area (Å²) in [6.07, 6.45) is 0.417. The summed E-state index contributed by atoms with van der Waals surface area (Å²) in [6.45, 7) is 1.48. The Balaban J connectivity index is 2.52. The third-order valence-electron chi connectivity index (χ3n) is 2.46. The largest absolute Gasteiger partial charge is 0.299 e. The summed E-state index contributed by atoms with van der Waals surface area (Å²) in [5.41, 5.74) is 1.91. The van der Waals surface area contributed by atoms with Crippen LogP contribution < -0.4 is 0 Å². The van der Waals surface area contributed by atoms with Crippen LogP contribution in [0.2, 0.25) is 0 Å². The fraction of sp³-hybridized carbons (Fsp3) is 0.273. The lowest BCUT2D eigenvalue weighted by molar-refractivity contribution is -0.126. The third-order valence-corrected chi connectivity index (χ3v) is 2.46. The van der Waals surface area contributed by atoms with Crippen LogP contribution in [0.15, 0.2) is 24.3 Å². The molecule has 0 unspecified atom stereocenters. The molecule has 1 aliphatic carbocycles. The van der Waals surface area contributed by atoms with Gasteiger partial charge in [-0.25, -0.2) is 0 Å². The zero-order valence-electron chi connectivity index (χ0n) is 7.41. The Labute approximate surface area is 76.6 Å². The van der Waals surface area contributed by atoms with Crippen molar-refractivity contribution in [3.05, 3.63) is 35.4 Å². The highest BCUT2D eigenvalue weighted by atomic mass is 16.1. The summed E-state index contributed by atoms with van der Waals surface area (Å²) in [5, 5.41) is 0. The third kappa shape index (κ3) is 1.18. The highest BCUT2D eigenvalue weighted by Crippen LogP contribution is 2.30. The summed E-state index contributed by atoms with van der Waals surface area (Å²) in [4.78, 5) is 22.7. The molecule has 0 bridgehead atoms. The topological polar surface area (TPSA) is 34.1 Å². The van der Waals surface area contributed by atoms with Crippen molar-refractivity contribution in [2.24, 2.45) is 0 Å². The molecular weight excluding hydrogens is 164 g/mol. The monoisotopic (exact) mass is 174 g/mol. The van der Waals surface area contributed by atoms with Crippen molar-refractivity contribution in [1.82, 2.24) is 0 Å². The van der Waals surface area contributed by atoms with E-state index < -0.39 is 5.92 Å². The van der Waals surface area contributed by atoms with Gasteiger partial charge in [0.1, 0.15) is 11.7 Å². The Bertz CT molecular complexity index is 379. The number of rotatable bonds is 1. The van der Waals surface area contributed by atoms with Crippen LogP contribution in [0.3, 0.4) is 0 Å². The number of fused-ring (bicyclic) bond motifs is 1. The summed E-state index contributed by atoms with van der Waals surface area (Å²) < 4.78 is 0. The van der Waals surface area contributed by atoms with Crippen molar-refractivity contribution in [3.63, 3.8) is 0 Å². The predicted octanol–water partition coefficient (Wildman–Crippen LogP) is 1.48. The van der Waals surface area contributed by atoms with Crippen LogP contribution in [0.5, 0.6) is 0 Å². The molecule has 0 heterocycles. The van der Waals surface area contributed by atoms with Crippen molar-refractivity contribution < 1.29 is 9.59 Å². The van der Waals surface area contributed by atoms with Gasteiger partial charge in [0, 0.05) is 6.42 Å². The minimum Gasteiger partial charge on any atom is -0.299 e. The molecule has 2 heteroatoms. The summed E-state index contributed by atoms with van der Waals surface area (Å²) in [5.74, 6) is -0.500. The van der Waals surface area contributed by atoms with Gasteiger partial charge in [-0.15, -0.1) is 0 Å². The Kier molecular flexibility index (Phi) is 1.76. The minimum absolute atomic E-state index is 0.0358. The molecule has 1 atom stereocenters. The molecule has 0 saturated heterocycles. The maximum atomic E-state index is 11.5. The minimum atomic E-state index is -0.490. The highest BCUT2D eigenvalue weighted by molar-refractivity contribution is 6.10. The number of ketones is 2. The van der Waals surface area contributed by atoms with E-state index in [1.165, 1.54) is 6.92 Å². The van der Waals surface area contributed by atoms with E-state index in [4.69, 9.17) is 0 Å². The predicted molar refractivity (Wildman–Crippen MR) is 48.6 cm³/mol. The van der Waals surface area contributed by atoms with Gasteiger partial charge in [-0.2, -0.15) is 0 Å². The van der Waals surface area contributed by atoms with Gasteiger partial charge in [0.05, 0.1) is 0 Å². The lowest BCUT2D eigenvalue weighted by Gasteiger charge is -2.04. The Morgan fingerprint density at radius 3 is 2.77 bits per heavy atom. The molecule has 0 aromatic heterocycles. The molecular formula is C11H10O2. The van der Waals surface area contributed by atoms with E-state index in [1.807, 2.05) is 24.3 Å². The molecule has 0 saturated carbocycles. The second-order valence-electron chi connectivity index (χ2n) is 3.39. The van der Waals surface area contributed by atoms with Gasteiger partial charge in [0.2, 0.25) is 0 Å². The van der Waals surface area contributed by atoms with E-state index in [2.05, 4.69) is 0 Å². The van der Waals surface area contributed by atoms with Crippen molar-refractivity contribution in [3.8, 4) is 0 Å². The summed E-state index contributed by atoms with van der Waals surface area (Å²) in [6, 6.07) is 7.55. The van der Waals surface area contributed by atoms with Crippen LogP contribution in [0.25, 0.3) is 0 Å². The Morgan fingerprint density at radius 1 is 1.38 bits per heavy atom. The molecule has 0 aliphatic heterocycles. The molecule has 1 aliphatic rings. The van der Waals surface area contributed by atoms with E-state index in [1.54, 1.807) is 0 Å². The molecule has 0 N–H and O–H groups in total. The van der Waals surface area contributed by atoms with Gasteiger partial charge in [-0.1, -0.05) is 24.3 Å². The fourth-order valence-electron chi connectivity index (χ4n) is 1.89. The lowest BCUT2D eigenvalue weighted by Crippen LogP contribution is -2.14. The van der Waals surface area contributed by atoms with Gasteiger partial charge < -0.3 is 0 Å². The molecule has 0 fully saturated rings. The lowest BCUT2D eigenvalue weighted by atomic mass is 9.97. The highest BCUT2D eigenvalue weighted by Gasteiger charge is 2.33. The second-order valence-corrected chi connectivity index (χ2v) is 3.39. The van der Waals surface area contributed by atoms with Gasteiger partial charge >= 0.3 is 0 Å². The Hall–Kier alpha value is -1.44. The van der Waals surface area contributed by atoms with Crippen molar-refractivity contribution in [1.29, 1.82) is 0 Å². The van der Waals surface area contributed by atoms with Crippen LogP contribution in [-0.2, 0) is 16.0 Å².